The lowest BCUT2D eigenvalue weighted by Crippen LogP contribution is -2.26. The molecule has 27 heavy (non-hydrogen) atoms. The van der Waals surface area contributed by atoms with Gasteiger partial charge in [0, 0.05) is 24.6 Å². The number of nitro benzene ring substituents is 1. The largest absolute Gasteiger partial charge is 0.497 e. The van der Waals surface area contributed by atoms with Crippen molar-refractivity contribution in [1.29, 1.82) is 0 Å². The number of nitrogens with one attached hydrogen (secondary N) is 1. The number of methoxy groups -OCH3 is 1. The predicted molar refractivity (Wildman–Crippen MR) is 101 cm³/mol. The van der Waals surface area contributed by atoms with E-state index in [1.54, 1.807) is 42.0 Å². The monoisotopic (exact) mass is 366 g/mol. The Morgan fingerprint density at radius 3 is 2.67 bits per heavy atom. The van der Waals surface area contributed by atoms with Gasteiger partial charge in [-0.1, -0.05) is 0 Å². The summed E-state index contributed by atoms with van der Waals surface area (Å²) < 4.78 is 6.75. The number of rotatable bonds is 4. The number of nitro groups is 1. The van der Waals surface area contributed by atoms with Gasteiger partial charge >= 0.3 is 0 Å². The number of aromatic nitrogens is 2. The van der Waals surface area contributed by atoms with Gasteiger partial charge in [-0.3, -0.25) is 19.5 Å². The van der Waals surface area contributed by atoms with Crippen LogP contribution in [0.2, 0.25) is 0 Å². The van der Waals surface area contributed by atoms with Crippen LogP contribution in [0.5, 0.6) is 5.75 Å². The van der Waals surface area contributed by atoms with Crippen molar-refractivity contribution in [2.45, 2.75) is 12.3 Å². The number of fused-ring (bicyclic) bond motifs is 1. The third kappa shape index (κ3) is 3.04. The lowest BCUT2D eigenvalue weighted by Gasteiger charge is -2.17. The van der Waals surface area contributed by atoms with Crippen LogP contribution in [0.4, 0.5) is 5.69 Å². The van der Waals surface area contributed by atoms with E-state index < -0.39 is 4.92 Å². The van der Waals surface area contributed by atoms with Crippen LogP contribution < -0.4 is 15.6 Å². The molecule has 2 aromatic carbocycles. The zero-order valence-electron chi connectivity index (χ0n) is 14.7. The minimum absolute atomic E-state index is 0.0967. The lowest BCUT2D eigenvalue weighted by atomic mass is 10.1. The Hall–Kier alpha value is -3.26. The van der Waals surface area contributed by atoms with Gasteiger partial charge in [0.05, 0.1) is 28.6 Å². The van der Waals surface area contributed by atoms with Gasteiger partial charge in [-0.2, -0.15) is 0 Å². The van der Waals surface area contributed by atoms with E-state index in [0.717, 1.165) is 19.5 Å². The van der Waals surface area contributed by atoms with Crippen LogP contribution in [0.15, 0.2) is 47.3 Å². The van der Waals surface area contributed by atoms with Gasteiger partial charge in [-0.05, 0) is 43.3 Å². The van der Waals surface area contributed by atoms with Gasteiger partial charge in [0.2, 0.25) is 0 Å². The van der Waals surface area contributed by atoms with E-state index in [1.165, 1.54) is 12.1 Å². The van der Waals surface area contributed by atoms with Gasteiger partial charge in [-0.25, -0.2) is 4.98 Å². The summed E-state index contributed by atoms with van der Waals surface area (Å²) in [6.07, 6.45) is 0.876. The standard InChI is InChI=1S/C19H18N4O4/c1-27-15-5-2-13(3-6-15)22-18(12-8-9-20-11-12)21-17-7-4-14(23(25)26)10-16(17)19(22)24/h2-7,10,12,20H,8-9,11H2,1H3/t12-/m1/s1. The van der Waals surface area contributed by atoms with Crippen LogP contribution >= 0.6 is 0 Å². The fourth-order valence-electron chi connectivity index (χ4n) is 3.43. The first-order chi connectivity index (χ1) is 13.1. The summed E-state index contributed by atoms with van der Waals surface area (Å²) in [6.45, 7) is 1.60. The number of benzene rings is 2. The maximum Gasteiger partial charge on any atom is 0.270 e. The number of non-ortho nitro benzene ring substituents is 1. The molecule has 0 bridgehead atoms. The third-order valence-electron chi connectivity index (χ3n) is 4.84. The highest BCUT2D eigenvalue weighted by molar-refractivity contribution is 5.80. The number of nitrogens with zero attached hydrogens (tertiary/aromatic N) is 3. The molecule has 1 aliphatic heterocycles. The second-order valence-electron chi connectivity index (χ2n) is 6.46. The first kappa shape index (κ1) is 17.2. The number of ether oxygens (including phenoxy) is 1. The molecule has 0 amide bonds. The van der Waals surface area contributed by atoms with Gasteiger partial charge in [0.15, 0.2) is 0 Å². The minimum atomic E-state index is -0.509. The first-order valence-electron chi connectivity index (χ1n) is 8.64. The highest BCUT2D eigenvalue weighted by atomic mass is 16.6. The van der Waals surface area contributed by atoms with Crippen LogP contribution in [0, 0.1) is 10.1 Å². The maximum atomic E-state index is 13.3. The van der Waals surface area contributed by atoms with Crippen molar-refractivity contribution < 1.29 is 9.66 Å². The topological polar surface area (TPSA) is 99.3 Å². The van der Waals surface area contributed by atoms with E-state index in [2.05, 4.69) is 5.32 Å². The Kier molecular flexibility index (Phi) is 4.33. The lowest BCUT2D eigenvalue weighted by molar-refractivity contribution is -0.384. The Morgan fingerprint density at radius 2 is 2.04 bits per heavy atom. The van der Waals surface area contributed by atoms with Gasteiger partial charge in [-0.15, -0.1) is 0 Å². The minimum Gasteiger partial charge on any atom is -0.497 e. The van der Waals surface area contributed by atoms with E-state index in [1.807, 2.05) is 0 Å². The van der Waals surface area contributed by atoms with Gasteiger partial charge < -0.3 is 10.1 Å². The van der Waals surface area contributed by atoms with Gasteiger partial charge in [0.25, 0.3) is 11.2 Å². The summed E-state index contributed by atoms with van der Waals surface area (Å²) in [5, 5.41) is 14.6. The van der Waals surface area contributed by atoms with Gasteiger partial charge in [0.1, 0.15) is 11.6 Å². The number of hydrogen-bond acceptors (Lipinski definition) is 6. The van der Waals surface area contributed by atoms with Crippen LogP contribution in [0.25, 0.3) is 16.6 Å². The molecule has 0 spiro atoms. The first-order valence-corrected chi connectivity index (χ1v) is 8.64. The van der Waals surface area contributed by atoms with Crippen LogP contribution in [0.1, 0.15) is 18.2 Å². The van der Waals surface area contributed by atoms with E-state index in [-0.39, 0.29) is 22.6 Å². The Morgan fingerprint density at radius 1 is 1.26 bits per heavy atom. The van der Waals surface area contributed by atoms with Crippen LogP contribution in [-0.4, -0.2) is 34.7 Å². The van der Waals surface area contributed by atoms with Crippen molar-refractivity contribution in [3.8, 4) is 11.4 Å². The van der Waals surface area contributed by atoms with Crippen molar-refractivity contribution in [2.24, 2.45) is 0 Å². The molecule has 138 valence electrons. The van der Waals surface area contributed by atoms with E-state index in [9.17, 15) is 14.9 Å². The average Bonchev–Trinajstić information content (AvgIpc) is 3.22. The second-order valence-corrected chi connectivity index (χ2v) is 6.46. The molecule has 0 aliphatic carbocycles. The smallest absolute Gasteiger partial charge is 0.270 e. The molecule has 3 aromatic rings. The van der Waals surface area contributed by atoms with E-state index >= 15 is 0 Å². The quantitative estimate of drug-likeness (QED) is 0.562. The third-order valence-corrected chi connectivity index (χ3v) is 4.84. The van der Waals surface area contributed by atoms with Crippen LogP contribution in [-0.2, 0) is 0 Å². The Bertz CT molecular complexity index is 1070. The average molecular weight is 366 g/mol. The molecule has 1 atom stereocenters. The summed E-state index contributed by atoms with van der Waals surface area (Å²) in [7, 11) is 1.58. The SMILES string of the molecule is COc1ccc(-n2c([C@@H]3CCNC3)nc3ccc([N+](=O)[O-])cc3c2=O)cc1. The summed E-state index contributed by atoms with van der Waals surface area (Å²) in [4.78, 5) is 28.6. The normalized spacial score (nSPS) is 16.6. The zero-order chi connectivity index (χ0) is 19.0. The van der Waals surface area contributed by atoms with Crippen molar-refractivity contribution in [3.05, 3.63) is 68.8 Å². The molecule has 8 heteroatoms. The highest BCUT2D eigenvalue weighted by Crippen LogP contribution is 2.26. The Labute approximate surface area is 154 Å². The fraction of sp³-hybridized carbons (Fsp3) is 0.263. The fourth-order valence-corrected chi connectivity index (χ4v) is 3.43. The predicted octanol–water partition coefficient (Wildman–Crippen LogP) is 2.38. The molecule has 1 aliphatic rings. The molecule has 1 saturated heterocycles. The summed E-state index contributed by atoms with van der Waals surface area (Å²) >= 11 is 0. The molecule has 1 fully saturated rings. The Balaban J connectivity index is 1.99. The molecule has 0 saturated carbocycles. The van der Waals surface area contributed by atoms with Crippen molar-refractivity contribution >= 4 is 16.6 Å². The second kappa shape index (κ2) is 6.81. The molecule has 1 N–H and O–H groups in total. The van der Waals surface area contributed by atoms with Crippen molar-refractivity contribution in [2.75, 3.05) is 20.2 Å². The van der Waals surface area contributed by atoms with E-state index in [4.69, 9.17) is 9.72 Å². The van der Waals surface area contributed by atoms with Crippen molar-refractivity contribution in [3.63, 3.8) is 0 Å². The highest BCUT2D eigenvalue weighted by Gasteiger charge is 2.24. The van der Waals surface area contributed by atoms with E-state index in [0.29, 0.717) is 22.8 Å². The van der Waals surface area contributed by atoms with Crippen LogP contribution in [0.3, 0.4) is 0 Å². The number of hydrogen-bond donors (Lipinski definition) is 1. The zero-order valence-corrected chi connectivity index (χ0v) is 14.7. The molecule has 2 heterocycles. The summed E-state index contributed by atoms with van der Waals surface area (Å²) in [5.41, 5.74) is 0.689. The molecule has 8 nitrogen and oxygen atoms in total. The summed E-state index contributed by atoms with van der Waals surface area (Å²) in [5.74, 6) is 1.44. The van der Waals surface area contributed by atoms with Crippen molar-refractivity contribution in [1.82, 2.24) is 14.9 Å². The molecule has 4 rings (SSSR count). The summed E-state index contributed by atoms with van der Waals surface area (Å²) in [6, 6.07) is 11.3. The maximum absolute atomic E-state index is 13.3. The molecule has 0 unspecified atom stereocenters. The molecular formula is C19H18N4O4. The molecular weight excluding hydrogens is 348 g/mol. The molecule has 0 radical (unpaired) electrons. The molecule has 1 aromatic heterocycles.